The van der Waals surface area contributed by atoms with Gasteiger partial charge in [0.05, 0.1) is 5.39 Å². The summed E-state index contributed by atoms with van der Waals surface area (Å²) >= 11 is 0. The molecule has 1 aromatic heterocycles. The molecule has 2 aliphatic rings. The van der Waals surface area contributed by atoms with Crippen LogP contribution >= 0.6 is 0 Å². The molecule has 0 fully saturated rings. The van der Waals surface area contributed by atoms with Gasteiger partial charge in [-0.1, -0.05) is 19.1 Å². The highest BCUT2D eigenvalue weighted by Gasteiger charge is 2.36. The molecule has 5 rings (SSSR count). The first kappa shape index (κ1) is 22.7. The minimum absolute atomic E-state index is 0.00593. The lowest BCUT2D eigenvalue weighted by atomic mass is 9.84. The number of benzene rings is 2. The largest absolute Gasteiger partial charge is 0.507 e. The molecule has 2 N–H and O–H groups in total. The van der Waals surface area contributed by atoms with Crippen LogP contribution in [0.15, 0.2) is 34.8 Å². The molecular formula is C29H34O5. The van der Waals surface area contributed by atoms with Crippen molar-refractivity contribution in [2.45, 2.75) is 84.3 Å². The smallest absolute Gasteiger partial charge is 0.146 e. The first-order valence-electron chi connectivity index (χ1n) is 12.1. The topological polar surface area (TPSA) is 72.1 Å². The van der Waals surface area contributed by atoms with Crippen LogP contribution in [-0.2, 0) is 12.8 Å². The van der Waals surface area contributed by atoms with E-state index in [2.05, 4.69) is 34.3 Å². The number of allylic oxidation sites excluding steroid dienone is 1. The monoisotopic (exact) mass is 462 g/mol. The van der Waals surface area contributed by atoms with Gasteiger partial charge in [-0.15, -0.1) is 0 Å². The van der Waals surface area contributed by atoms with Gasteiger partial charge in [-0.25, -0.2) is 0 Å². The molecule has 180 valence electrons. The molecule has 5 heteroatoms. The standard InChI is InChI=1S/C29H34O5/c1-15(2)16(3)25-21(31)13-20(30)19-12-24(32-27(19)25)26-17-8-10-28(4,5)33-22(17)14-23-18(26)9-11-29(6,7)34-23/h12-14,16,30-31H,1,8-11H2,2-7H3/t16-/m1/s1. The molecule has 0 radical (unpaired) electrons. The zero-order chi connectivity index (χ0) is 24.6. The lowest BCUT2D eigenvalue weighted by Gasteiger charge is -2.38. The molecule has 3 heterocycles. The summed E-state index contributed by atoms with van der Waals surface area (Å²) in [5.41, 5.74) is 4.72. The van der Waals surface area contributed by atoms with Crippen LogP contribution in [-0.4, -0.2) is 21.4 Å². The second-order valence-electron chi connectivity index (χ2n) is 11.2. The third kappa shape index (κ3) is 3.62. The SMILES string of the molecule is C=C(C)[C@@H](C)c1c(O)cc(O)c2cc(-c3c4c(cc5c3CCC(C)(C)O5)OC(C)(C)CC4)oc12. The number of phenolic OH excluding ortho intramolecular Hbond substituents is 2. The molecular weight excluding hydrogens is 428 g/mol. The average molecular weight is 463 g/mol. The fraction of sp³-hybridized carbons (Fsp3) is 0.448. The van der Waals surface area contributed by atoms with Crippen LogP contribution in [0.5, 0.6) is 23.0 Å². The van der Waals surface area contributed by atoms with Crippen LogP contribution in [0.4, 0.5) is 0 Å². The van der Waals surface area contributed by atoms with Crippen molar-refractivity contribution < 1.29 is 24.1 Å². The van der Waals surface area contributed by atoms with Crippen LogP contribution in [0.3, 0.4) is 0 Å². The van der Waals surface area contributed by atoms with Crippen molar-refractivity contribution in [3.05, 3.63) is 47.0 Å². The molecule has 34 heavy (non-hydrogen) atoms. The molecule has 3 aromatic rings. The normalized spacial score (nSPS) is 19.0. The van der Waals surface area contributed by atoms with Crippen LogP contribution in [0.2, 0.25) is 0 Å². The number of rotatable bonds is 3. The molecule has 0 unspecified atom stereocenters. The van der Waals surface area contributed by atoms with Gasteiger partial charge in [-0.05, 0) is 66.4 Å². The molecule has 5 nitrogen and oxygen atoms in total. The zero-order valence-corrected chi connectivity index (χ0v) is 21.0. The minimum Gasteiger partial charge on any atom is -0.507 e. The van der Waals surface area contributed by atoms with E-state index < -0.39 is 0 Å². The lowest BCUT2D eigenvalue weighted by molar-refractivity contribution is 0.0740. The Morgan fingerprint density at radius 1 is 0.912 bits per heavy atom. The Bertz CT molecular complexity index is 1280. The Kier molecular flexibility index (Phi) is 4.98. The number of phenols is 2. The lowest BCUT2D eigenvalue weighted by Crippen LogP contribution is -2.35. The quantitative estimate of drug-likeness (QED) is 0.397. The number of hydrogen-bond acceptors (Lipinski definition) is 5. The second-order valence-corrected chi connectivity index (χ2v) is 11.2. The third-order valence-corrected chi connectivity index (χ3v) is 7.41. The summed E-state index contributed by atoms with van der Waals surface area (Å²) in [6.07, 6.45) is 3.50. The van der Waals surface area contributed by atoms with Crippen molar-refractivity contribution in [2.75, 3.05) is 0 Å². The van der Waals surface area contributed by atoms with Crippen molar-refractivity contribution >= 4 is 11.0 Å². The zero-order valence-electron chi connectivity index (χ0n) is 21.0. The predicted octanol–water partition coefficient (Wildman–Crippen LogP) is 7.40. The maximum Gasteiger partial charge on any atom is 0.146 e. The van der Waals surface area contributed by atoms with Gasteiger partial charge in [-0.2, -0.15) is 0 Å². The molecule has 0 amide bonds. The molecule has 1 atom stereocenters. The van der Waals surface area contributed by atoms with Crippen molar-refractivity contribution in [1.82, 2.24) is 0 Å². The summed E-state index contributed by atoms with van der Waals surface area (Å²) in [5.74, 6) is 2.18. The van der Waals surface area contributed by atoms with E-state index in [1.54, 1.807) is 0 Å². The maximum atomic E-state index is 10.7. The van der Waals surface area contributed by atoms with E-state index in [-0.39, 0.29) is 28.6 Å². The van der Waals surface area contributed by atoms with Crippen LogP contribution < -0.4 is 9.47 Å². The average Bonchev–Trinajstić information content (AvgIpc) is 3.15. The Labute approximate surface area is 201 Å². The van der Waals surface area contributed by atoms with E-state index in [9.17, 15) is 10.2 Å². The molecule has 2 aromatic carbocycles. The highest BCUT2D eigenvalue weighted by molar-refractivity contribution is 5.94. The van der Waals surface area contributed by atoms with Crippen LogP contribution in [0.25, 0.3) is 22.3 Å². The van der Waals surface area contributed by atoms with Crippen molar-refractivity contribution in [1.29, 1.82) is 0 Å². The second kappa shape index (κ2) is 7.46. The predicted molar refractivity (Wildman–Crippen MR) is 134 cm³/mol. The first-order chi connectivity index (χ1) is 15.9. The molecule has 0 bridgehead atoms. The van der Waals surface area contributed by atoms with E-state index in [4.69, 9.17) is 13.9 Å². The van der Waals surface area contributed by atoms with E-state index in [1.807, 2.05) is 26.0 Å². The first-order valence-corrected chi connectivity index (χ1v) is 12.1. The highest BCUT2D eigenvalue weighted by atomic mass is 16.5. The van der Waals surface area contributed by atoms with E-state index in [1.165, 1.54) is 6.07 Å². The fourth-order valence-electron chi connectivity index (χ4n) is 5.22. The van der Waals surface area contributed by atoms with E-state index in [0.29, 0.717) is 22.3 Å². The third-order valence-electron chi connectivity index (χ3n) is 7.41. The Morgan fingerprint density at radius 3 is 2.00 bits per heavy atom. The summed E-state index contributed by atoms with van der Waals surface area (Å²) in [4.78, 5) is 0. The van der Waals surface area contributed by atoms with E-state index >= 15 is 0 Å². The Hall–Kier alpha value is -3.08. The van der Waals surface area contributed by atoms with Crippen LogP contribution in [0.1, 0.15) is 77.0 Å². The van der Waals surface area contributed by atoms with Crippen molar-refractivity contribution in [2.24, 2.45) is 0 Å². The fourth-order valence-corrected chi connectivity index (χ4v) is 5.22. The number of furan rings is 1. The Morgan fingerprint density at radius 2 is 1.47 bits per heavy atom. The molecule has 0 aliphatic carbocycles. The van der Waals surface area contributed by atoms with Crippen molar-refractivity contribution in [3.63, 3.8) is 0 Å². The van der Waals surface area contributed by atoms with Gasteiger partial charge in [-0.3, -0.25) is 0 Å². The minimum atomic E-state index is -0.259. The number of hydrogen-bond donors (Lipinski definition) is 2. The highest BCUT2D eigenvalue weighted by Crippen LogP contribution is 2.51. The van der Waals surface area contributed by atoms with Gasteiger partial charge in [0.1, 0.15) is 45.5 Å². The summed E-state index contributed by atoms with van der Waals surface area (Å²) in [7, 11) is 0. The number of fused-ring (bicyclic) bond motifs is 3. The molecule has 0 saturated carbocycles. The van der Waals surface area contributed by atoms with Gasteiger partial charge < -0.3 is 24.1 Å². The Balaban J connectivity index is 1.79. The summed E-state index contributed by atoms with van der Waals surface area (Å²) in [6.45, 7) is 16.4. The van der Waals surface area contributed by atoms with Gasteiger partial charge >= 0.3 is 0 Å². The molecule has 0 saturated heterocycles. The maximum absolute atomic E-state index is 10.7. The molecule has 0 spiro atoms. The number of aromatic hydroxyl groups is 2. The summed E-state index contributed by atoms with van der Waals surface area (Å²) in [5, 5.41) is 21.9. The summed E-state index contributed by atoms with van der Waals surface area (Å²) < 4.78 is 19.3. The molecule has 2 aliphatic heterocycles. The number of ether oxygens (including phenoxy) is 2. The van der Waals surface area contributed by atoms with Crippen LogP contribution in [0, 0.1) is 0 Å². The van der Waals surface area contributed by atoms with Crippen molar-refractivity contribution in [3.8, 4) is 34.3 Å². The van der Waals surface area contributed by atoms with Gasteiger partial charge in [0.25, 0.3) is 0 Å². The van der Waals surface area contributed by atoms with Gasteiger partial charge in [0.15, 0.2) is 0 Å². The van der Waals surface area contributed by atoms with Gasteiger partial charge in [0, 0.05) is 40.3 Å². The van der Waals surface area contributed by atoms with E-state index in [0.717, 1.165) is 59.4 Å². The van der Waals surface area contributed by atoms with Gasteiger partial charge in [0.2, 0.25) is 0 Å². The summed E-state index contributed by atoms with van der Waals surface area (Å²) in [6, 6.07) is 5.31.